The van der Waals surface area contributed by atoms with Gasteiger partial charge in [-0.1, -0.05) is 90.0 Å². The molecule has 0 radical (unpaired) electrons. The second kappa shape index (κ2) is 12.8. The lowest BCUT2D eigenvalue weighted by Gasteiger charge is -2.34. The van der Waals surface area contributed by atoms with E-state index in [4.69, 9.17) is 0 Å². The summed E-state index contributed by atoms with van der Waals surface area (Å²) in [6.07, 6.45) is 0.461. The van der Waals surface area contributed by atoms with Crippen LogP contribution in [-0.4, -0.2) is 34.0 Å². The predicted molar refractivity (Wildman–Crippen MR) is 151 cm³/mol. The molecule has 1 atom stereocenters. The Hall–Kier alpha value is -3.05. The van der Waals surface area contributed by atoms with Crippen LogP contribution in [0.5, 0.6) is 0 Å². The van der Waals surface area contributed by atoms with Crippen LogP contribution < -0.4 is 5.32 Å². The first-order valence-corrected chi connectivity index (χ1v) is 13.6. The molecular weight excluding hydrogens is 464 g/mol. The molecule has 36 heavy (non-hydrogen) atoms. The quantitative estimate of drug-likeness (QED) is 0.365. The van der Waals surface area contributed by atoms with Crippen LogP contribution in [0.4, 0.5) is 0 Å². The molecule has 0 aliphatic rings. The van der Waals surface area contributed by atoms with Gasteiger partial charge in [-0.2, -0.15) is 0 Å². The Labute approximate surface area is 220 Å². The molecule has 0 saturated heterocycles. The average molecular weight is 503 g/mol. The van der Waals surface area contributed by atoms with Gasteiger partial charge in [0, 0.05) is 24.3 Å². The van der Waals surface area contributed by atoms with Crippen molar-refractivity contribution in [3.05, 3.63) is 107 Å². The van der Waals surface area contributed by atoms with Crippen LogP contribution in [0.3, 0.4) is 0 Å². The van der Waals surface area contributed by atoms with Crippen molar-refractivity contribution in [2.45, 2.75) is 64.9 Å². The molecule has 4 nitrogen and oxygen atoms in total. The largest absolute Gasteiger partial charge is 0.350 e. The number of benzene rings is 3. The van der Waals surface area contributed by atoms with Gasteiger partial charge in [-0.3, -0.25) is 9.59 Å². The molecule has 0 aliphatic carbocycles. The van der Waals surface area contributed by atoms with E-state index in [9.17, 15) is 9.59 Å². The second-order valence-corrected chi connectivity index (χ2v) is 11.4. The van der Waals surface area contributed by atoms with E-state index in [1.54, 1.807) is 16.7 Å². The smallest absolute Gasteiger partial charge is 0.243 e. The van der Waals surface area contributed by atoms with Crippen LogP contribution in [0.15, 0.2) is 78.9 Å². The fourth-order valence-electron chi connectivity index (χ4n) is 4.16. The Kier molecular flexibility index (Phi) is 9.77. The summed E-state index contributed by atoms with van der Waals surface area (Å²) in [5.41, 5.74) is 5.19. The zero-order valence-corrected chi connectivity index (χ0v) is 22.9. The van der Waals surface area contributed by atoms with Crippen molar-refractivity contribution in [1.82, 2.24) is 10.2 Å². The van der Waals surface area contributed by atoms with E-state index in [1.165, 1.54) is 11.1 Å². The molecule has 3 aromatic carbocycles. The number of amides is 2. The summed E-state index contributed by atoms with van der Waals surface area (Å²) in [5, 5.41) is 3.12. The first kappa shape index (κ1) is 27.5. The van der Waals surface area contributed by atoms with Gasteiger partial charge < -0.3 is 10.2 Å². The van der Waals surface area contributed by atoms with E-state index in [0.717, 1.165) is 22.4 Å². The number of nitrogens with one attached hydrogen (secondary N) is 1. The molecule has 0 aliphatic heterocycles. The van der Waals surface area contributed by atoms with Gasteiger partial charge in [0.1, 0.15) is 6.04 Å². The Morgan fingerprint density at radius 1 is 0.833 bits per heavy atom. The van der Waals surface area contributed by atoms with E-state index < -0.39 is 11.6 Å². The minimum Gasteiger partial charge on any atom is -0.350 e. The summed E-state index contributed by atoms with van der Waals surface area (Å²) in [5.74, 6) is 0.909. The minimum atomic E-state index is -0.612. The number of hydrogen-bond donors (Lipinski definition) is 1. The maximum Gasteiger partial charge on any atom is 0.243 e. The number of rotatable bonds is 10. The topological polar surface area (TPSA) is 49.4 Å². The van der Waals surface area contributed by atoms with Crippen molar-refractivity contribution in [3.8, 4) is 0 Å². The average Bonchev–Trinajstić information content (AvgIpc) is 2.81. The van der Waals surface area contributed by atoms with Gasteiger partial charge in [0.15, 0.2) is 0 Å². The summed E-state index contributed by atoms with van der Waals surface area (Å²) >= 11 is 1.59. The number of aryl methyl sites for hydroxylation is 2. The molecule has 0 aromatic heterocycles. The third-order valence-electron chi connectivity index (χ3n) is 5.78. The van der Waals surface area contributed by atoms with Gasteiger partial charge in [0.25, 0.3) is 0 Å². The summed E-state index contributed by atoms with van der Waals surface area (Å²) in [4.78, 5) is 29.1. The summed E-state index contributed by atoms with van der Waals surface area (Å²) in [6.45, 7) is 10.4. The predicted octanol–water partition coefficient (Wildman–Crippen LogP) is 6.09. The normalized spacial score (nSPS) is 12.1. The molecule has 1 unspecified atom stereocenters. The first-order valence-electron chi connectivity index (χ1n) is 12.4. The van der Waals surface area contributed by atoms with E-state index in [0.29, 0.717) is 18.7 Å². The lowest BCUT2D eigenvalue weighted by molar-refractivity contribution is -0.140. The molecule has 190 valence electrons. The van der Waals surface area contributed by atoms with Crippen LogP contribution in [0, 0.1) is 13.8 Å². The Morgan fingerprint density at radius 2 is 1.42 bits per heavy atom. The Balaban J connectivity index is 1.87. The molecule has 0 heterocycles. The third-order valence-corrected chi connectivity index (χ3v) is 6.77. The highest BCUT2D eigenvalue weighted by Crippen LogP contribution is 2.20. The molecule has 0 spiro atoms. The monoisotopic (exact) mass is 502 g/mol. The van der Waals surface area contributed by atoms with Crippen LogP contribution >= 0.6 is 11.8 Å². The van der Waals surface area contributed by atoms with Gasteiger partial charge in [-0.05, 0) is 51.3 Å². The van der Waals surface area contributed by atoms with E-state index in [1.807, 2.05) is 82.3 Å². The van der Waals surface area contributed by atoms with Gasteiger partial charge in [0.2, 0.25) is 11.8 Å². The van der Waals surface area contributed by atoms with E-state index >= 15 is 0 Å². The fourth-order valence-corrected chi connectivity index (χ4v) is 5.01. The minimum absolute atomic E-state index is 0.0286. The number of thioether (sulfide) groups is 1. The van der Waals surface area contributed by atoms with E-state index in [-0.39, 0.29) is 11.8 Å². The SMILES string of the molecule is Cc1cccc(CSCC(=O)N(Cc2cccc(C)c2)C(Cc2ccccc2)C(=O)NC(C)(C)C)c1. The third kappa shape index (κ3) is 8.87. The maximum absolute atomic E-state index is 13.7. The molecule has 0 fully saturated rings. The zero-order valence-electron chi connectivity index (χ0n) is 22.1. The highest BCUT2D eigenvalue weighted by Gasteiger charge is 2.32. The van der Waals surface area contributed by atoms with Crippen LogP contribution in [0.1, 0.15) is 48.6 Å². The number of carbonyl (C=O) groups excluding carboxylic acids is 2. The molecule has 3 aromatic rings. The lowest BCUT2D eigenvalue weighted by atomic mass is 10.0. The van der Waals surface area contributed by atoms with Crippen LogP contribution in [-0.2, 0) is 28.3 Å². The highest BCUT2D eigenvalue weighted by molar-refractivity contribution is 7.99. The van der Waals surface area contributed by atoms with Gasteiger partial charge in [-0.15, -0.1) is 11.8 Å². The first-order chi connectivity index (χ1) is 17.1. The number of nitrogens with zero attached hydrogens (tertiary/aromatic N) is 1. The number of hydrogen-bond acceptors (Lipinski definition) is 3. The maximum atomic E-state index is 13.7. The summed E-state index contributed by atoms with van der Waals surface area (Å²) in [6, 6.07) is 25.8. The molecule has 5 heteroatoms. The summed E-state index contributed by atoms with van der Waals surface area (Å²) < 4.78 is 0. The Morgan fingerprint density at radius 3 is 2.03 bits per heavy atom. The van der Waals surface area contributed by atoms with Crippen molar-refractivity contribution < 1.29 is 9.59 Å². The molecule has 1 N–H and O–H groups in total. The molecule has 0 bridgehead atoms. The van der Waals surface area contributed by atoms with Gasteiger partial charge >= 0.3 is 0 Å². The van der Waals surface area contributed by atoms with Crippen molar-refractivity contribution in [2.24, 2.45) is 0 Å². The molecule has 3 rings (SSSR count). The van der Waals surface area contributed by atoms with Crippen molar-refractivity contribution in [3.63, 3.8) is 0 Å². The lowest BCUT2D eigenvalue weighted by Crippen LogP contribution is -2.54. The fraction of sp³-hybridized carbons (Fsp3) is 0.355. The van der Waals surface area contributed by atoms with Gasteiger partial charge in [0.05, 0.1) is 5.75 Å². The molecular formula is C31H38N2O2S. The molecule has 0 saturated carbocycles. The van der Waals surface area contributed by atoms with Crippen molar-refractivity contribution >= 4 is 23.6 Å². The Bertz CT molecular complexity index is 1150. The standard InChI is InChI=1S/C31H38N2O2S/c1-23-11-9-15-26(17-23)20-33(29(34)22-36-21-27-16-10-12-24(2)18-27)28(30(35)32-31(3,4)5)19-25-13-7-6-8-14-25/h6-18,28H,19-22H2,1-5H3,(H,32,35). The van der Waals surface area contributed by atoms with Crippen molar-refractivity contribution in [1.29, 1.82) is 0 Å². The van der Waals surface area contributed by atoms with Gasteiger partial charge in [-0.25, -0.2) is 0 Å². The zero-order chi connectivity index (χ0) is 26.1. The van der Waals surface area contributed by atoms with Crippen molar-refractivity contribution in [2.75, 3.05) is 5.75 Å². The number of carbonyl (C=O) groups is 2. The summed E-state index contributed by atoms with van der Waals surface area (Å²) in [7, 11) is 0. The van der Waals surface area contributed by atoms with E-state index in [2.05, 4.69) is 36.5 Å². The molecule has 2 amide bonds. The van der Waals surface area contributed by atoms with Crippen LogP contribution in [0.25, 0.3) is 0 Å². The second-order valence-electron chi connectivity index (χ2n) is 10.4. The van der Waals surface area contributed by atoms with Crippen LogP contribution in [0.2, 0.25) is 0 Å². The highest BCUT2D eigenvalue weighted by atomic mass is 32.2.